The van der Waals surface area contributed by atoms with Crippen LogP contribution in [0.15, 0.2) is 35.2 Å². The third-order valence-electron chi connectivity index (χ3n) is 6.58. The van der Waals surface area contributed by atoms with Gasteiger partial charge in [0.2, 0.25) is 0 Å². The molecule has 188 valence electrons. The predicted molar refractivity (Wildman–Crippen MR) is 143 cm³/mol. The van der Waals surface area contributed by atoms with Crippen molar-refractivity contribution < 1.29 is 18.4 Å². The third kappa shape index (κ3) is 11.9. The maximum atomic E-state index is 11.8. The maximum absolute atomic E-state index is 11.8. The van der Waals surface area contributed by atoms with E-state index in [4.69, 9.17) is 0 Å². The molecular formula is C28H44BaO4S. The van der Waals surface area contributed by atoms with Crippen molar-refractivity contribution in [2.24, 2.45) is 0 Å². The second-order valence-corrected chi connectivity index (χ2v) is 10.6. The van der Waals surface area contributed by atoms with Crippen molar-refractivity contribution in [3.8, 4) is 0 Å². The van der Waals surface area contributed by atoms with Gasteiger partial charge in [0.15, 0.2) is 0 Å². The average molecular weight is 614 g/mol. The number of rotatable bonds is 17. The van der Waals surface area contributed by atoms with Crippen LogP contribution in [0.1, 0.15) is 115 Å². The van der Waals surface area contributed by atoms with Gasteiger partial charge in [-0.25, -0.2) is 8.42 Å². The number of aryl methyl sites for hydroxylation is 2. The van der Waals surface area contributed by atoms with Crippen LogP contribution in [0, 0.1) is 0 Å². The van der Waals surface area contributed by atoms with Crippen LogP contribution < -0.4 is 0 Å². The molecule has 2 rings (SSSR count). The van der Waals surface area contributed by atoms with Gasteiger partial charge in [-0.3, -0.25) is 0 Å². The SMILES string of the molecule is CCCCCCCCCc1ccc2c(S(=O)(=O)[O-])cccc2c1CCCCCCCCC.[Ba+2].[OH-]. The second-order valence-electron chi connectivity index (χ2n) is 9.25. The number of unbranched alkanes of at least 4 members (excludes halogenated alkanes) is 12. The second kappa shape index (κ2) is 19.3. The van der Waals surface area contributed by atoms with Crippen LogP contribution in [0.4, 0.5) is 0 Å². The van der Waals surface area contributed by atoms with Crippen molar-refractivity contribution in [1.82, 2.24) is 0 Å². The maximum Gasteiger partial charge on any atom is 2.00 e. The number of fused-ring (bicyclic) bond motifs is 1. The summed E-state index contributed by atoms with van der Waals surface area (Å²) in [5, 5.41) is 1.54. The van der Waals surface area contributed by atoms with E-state index in [-0.39, 0.29) is 59.3 Å². The van der Waals surface area contributed by atoms with E-state index in [1.165, 1.54) is 101 Å². The van der Waals surface area contributed by atoms with Crippen molar-refractivity contribution in [2.75, 3.05) is 0 Å². The molecule has 0 aromatic heterocycles. The molecule has 0 unspecified atom stereocenters. The topological polar surface area (TPSA) is 87.2 Å². The fraction of sp³-hybridized carbons (Fsp3) is 0.643. The van der Waals surface area contributed by atoms with E-state index in [0.29, 0.717) is 5.39 Å². The monoisotopic (exact) mass is 614 g/mol. The molecule has 0 atom stereocenters. The Labute approximate surface area is 248 Å². The molecule has 0 aliphatic carbocycles. The molecule has 2 aromatic carbocycles. The summed E-state index contributed by atoms with van der Waals surface area (Å²) in [6.45, 7) is 4.49. The molecule has 1 N–H and O–H groups in total. The van der Waals surface area contributed by atoms with E-state index in [2.05, 4.69) is 19.9 Å². The molecule has 0 amide bonds. The minimum atomic E-state index is -4.48. The van der Waals surface area contributed by atoms with E-state index < -0.39 is 10.1 Å². The quantitative estimate of drug-likeness (QED) is 0.104. The summed E-state index contributed by atoms with van der Waals surface area (Å²) in [7, 11) is -4.48. The van der Waals surface area contributed by atoms with Crippen LogP contribution in [0.25, 0.3) is 10.8 Å². The normalized spacial score (nSPS) is 11.3. The number of hydrogen-bond acceptors (Lipinski definition) is 4. The van der Waals surface area contributed by atoms with Gasteiger partial charge in [0.05, 0.1) is 4.90 Å². The van der Waals surface area contributed by atoms with E-state index in [1.54, 1.807) is 6.07 Å². The Morgan fingerprint density at radius 2 is 1.15 bits per heavy atom. The third-order valence-corrected chi connectivity index (χ3v) is 7.47. The first-order chi connectivity index (χ1) is 15.5. The first-order valence-corrected chi connectivity index (χ1v) is 14.4. The Balaban J connectivity index is 0.00000544. The summed E-state index contributed by atoms with van der Waals surface area (Å²) in [5.41, 5.74) is 2.59. The molecular weight excluding hydrogens is 570 g/mol. The van der Waals surface area contributed by atoms with Crippen LogP contribution in [0.2, 0.25) is 0 Å². The zero-order valence-electron chi connectivity index (χ0n) is 21.5. The van der Waals surface area contributed by atoms with Gasteiger partial charge in [0, 0.05) is 0 Å². The summed E-state index contributed by atoms with van der Waals surface area (Å²) >= 11 is 0. The molecule has 0 bridgehead atoms. The minimum Gasteiger partial charge on any atom is -0.870 e. The molecule has 0 spiro atoms. The molecule has 0 heterocycles. The Bertz CT molecular complexity index is 912. The van der Waals surface area contributed by atoms with Crippen molar-refractivity contribution in [3.63, 3.8) is 0 Å². The zero-order valence-corrected chi connectivity index (χ0v) is 26.7. The number of hydrogen-bond donors (Lipinski definition) is 0. The first kappa shape index (κ1) is 34.1. The molecule has 6 heteroatoms. The minimum absolute atomic E-state index is 0. The predicted octanol–water partition coefficient (Wildman–Crippen LogP) is 7.77. The summed E-state index contributed by atoms with van der Waals surface area (Å²) in [5.74, 6) is 0. The van der Waals surface area contributed by atoms with Crippen molar-refractivity contribution >= 4 is 69.8 Å². The molecule has 0 saturated carbocycles. The van der Waals surface area contributed by atoms with Gasteiger partial charge in [-0.05, 0) is 53.6 Å². The smallest absolute Gasteiger partial charge is 0.870 e. The molecule has 2 aromatic rings. The molecule has 4 nitrogen and oxygen atoms in total. The van der Waals surface area contributed by atoms with Gasteiger partial charge in [0.1, 0.15) is 10.1 Å². The summed E-state index contributed by atoms with van der Waals surface area (Å²) in [6.07, 6.45) is 19.7. The molecule has 0 aliphatic heterocycles. The summed E-state index contributed by atoms with van der Waals surface area (Å²) in [6, 6.07) is 9.08. The fourth-order valence-electron chi connectivity index (χ4n) is 4.72. The van der Waals surface area contributed by atoms with E-state index >= 15 is 0 Å². The van der Waals surface area contributed by atoms with E-state index in [0.717, 1.165) is 24.6 Å². The van der Waals surface area contributed by atoms with Gasteiger partial charge in [0.25, 0.3) is 0 Å². The van der Waals surface area contributed by atoms with Crippen molar-refractivity contribution in [3.05, 3.63) is 41.5 Å². The Morgan fingerprint density at radius 1 is 0.647 bits per heavy atom. The Hall–Kier alpha value is 0.141. The van der Waals surface area contributed by atoms with Crippen LogP contribution in [-0.4, -0.2) is 67.3 Å². The molecule has 34 heavy (non-hydrogen) atoms. The Morgan fingerprint density at radius 3 is 1.68 bits per heavy atom. The van der Waals surface area contributed by atoms with Gasteiger partial charge in [-0.2, -0.15) is 0 Å². The van der Waals surface area contributed by atoms with E-state index in [9.17, 15) is 13.0 Å². The van der Waals surface area contributed by atoms with Gasteiger partial charge >= 0.3 is 48.9 Å². The summed E-state index contributed by atoms with van der Waals surface area (Å²) < 4.78 is 35.4. The standard InChI is InChI=1S/C28H44O3S.Ba.H2O/c1-3-5-7-9-11-13-15-18-24-22-23-27-26(20-17-21-28(27)32(29,30)31)25(24)19-16-14-12-10-8-6-4-2;;/h17,20-23H,3-16,18-19H2,1-2H3,(H,29,30,31);;1H2/q;+2;/p-2. The zero-order chi connectivity index (χ0) is 23.2. The van der Waals surface area contributed by atoms with E-state index in [1.807, 2.05) is 12.1 Å². The molecule has 0 saturated heterocycles. The van der Waals surface area contributed by atoms with Gasteiger partial charge < -0.3 is 10.0 Å². The molecule has 0 aliphatic rings. The molecule has 0 radical (unpaired) electrons. The summed E-state index contributed by atoms with van der Waals surface area (Å²) in [4.78, 5) is -0.0849. The molecule has 0 fully saturated rings. The van der Waals surface area contributed by atoms with Crippen LogP contribution in [0.5, 0.6) is 0 Å². The van der Waals surface area contributed by atoms with Gasteiger partial charge in [-0.15, -0.1) is 0 Å². The number of benzene rings is 2. The van der Waals surface area contributed by atoms with Crippen LogP contribution in [-0.2, 0) is 23.0 Å². The first-order valence-electron chi connectivity index (χ1n) is 13.0. The van der Waals surface area contributed by atoms with Crippen LogP contribution in [0.3, 0.4) is 0 Å². The Kier molecular flexibility index (Phi) is 19.4. The van der Waals surface area contributed by atoms with Gasteiger partial charge in [-0.1, -0.05) is 115 Å². The van der Waals surface area contributed by atoms with Crippen molar-refractivity contribution in [2.45, 2.75) is 121 Å². The van der Waals surface area contributed by atoms with Crippen molar-refractivity contribution in [1.29, 1.82) is 0 Å². The fourth-order valence-corrected chi connectivity index (χ4v) is 5.41. The average Bonchev–Trinajstić information content (AvgIpc) is 2.77. The van der Waals surface area contributed by atoms with Crippen LogP contribution >= 0.6 is 0 Å². The largest absolute Gasteiger partial charge is 2.00 e.